The molecule has 0 saturated heterocycles. The Labute approximate surface area is 266 Å². The number of esters is 1. The highest BCUT2D eigenvalue weighted by Gasteiger charge is 2.26. The number of likely N-dealkylation sites (N-methyl/N-ethyl adjacent to an activating group) is 1. The van der Waals surface area contributed by atoms with Gasteiger partial charge in [-0.1, -0.05) is 49.6 Å². The van der Waals surface area contributed by atoms with Crippen molar-refractivity contribution in [2.75, 3.05) is 49.0 Å². The fourth-order valence-corrected chi connectivity index (χ4v) is 5.36. The maximum absolute atomic E-state index is 14.3. The minimum absolute atomic E-state index is 0.0473. The summed E-state index contributed by atoms with van der Waals surface area (Å²) in [6.45, 7) is -0.488. The lowest BCUT2D eigenvalue weighted by Gasteiger charge is -2.31. The molecule has 0 spiro atoms. The lowest BCUT2D eigenvalue weighted by molar-refractivity contribution is -0.139. The molecular weight excluding hydrogens is 598 g/mol. The Bertz CT molecular complexity index is 1530. The number of rotatable bonds is 12. The standard InChI is InChI=1S/C34H38F2N4O6/c1-39(33-26(35)14-9-15-27(33)36)31(42)22-46-29-17-7-6-16-28(29)40(21-23-10-4-3-5-11-23)30(41)20-37-34(44)38-25-13-8-12-24(18-25)19-32(43)45-2/h6-9,12-18,23H,3-5,10-11,19-22H2,1-2H3,(H2,37,38,44). The Hall–Kier alpha value is -5.00. The summed E-state index contributed by atoms with van der Waals surface area (Å²) in [6, 6.07) is 16.1. The number of benzene rings is 3. The lowest BCUT2D eigenvalue weighted by atomic mass is 9.89. The number of carbonyl (C=O) groups is 4. The van der Waals surface area contributed by atoms with Gasteiger partial charge in [-0.2, -0.15) is 0 Å². The molecule has 1 aliphatic carbocycles. The minimum atomic E-state index is -0.883. The number of hydrogen-bond acceptors (Lipinski definition) is 6. The van der Waals surface area contributed by atoms with Gasteiger partial charge in [0.05, 0.1) is 25.8 Å². The van der Waals surface area contributed by atoms with Crippen LogP contribution in [-0.4, -0.2) is 57.7 Å². The third-order valence-corrected chi connectivity index (χ3v) is 7.78. The van der Waals surface area contributed by atoms with Crippen molar-refractivity contribution in [3.63, 3.8) is 0 Å². The normalized spacial score (nSPS) is 13.0. The monoisotopic (exact) mass is 636 g/mol. The third kappa shape index (κ3) is 9.26. The summed E-state index contributed by atoms with van der Waals surface area (Å²) in [5.41, 5.74) is 1.01. The van der Waals surface area contributed by atoms with Gasteiger partial charge < -0.3 is 29.9 Å². The van der Waals surface area contributed by atoms with Crippen LogP contribution < -0.4 is 25.2 Å². The predicted molar refractivity (Wildman–Crippen MR) is 170 cm³/mol. The molecule has 0 bridgehead atoms. The van der Waals surface area contributed by atoms with Gasteiger partial charge in [-0.15, -0.1) is 0 Å². The van der Waals surface area contributed by atoms with Crippen LogP contribution in [-0.2, 0) is 25.5 Å². The number of halogens is 2. The Balaban J connectivity index is 1.45. The van der Waals surface area contributed by atoms with Gasteiger partial charge in [-0.25, -0.2) is 13.6 Å². The molecule has 46 heavy (non-hydrogen) atoms. The number of urea groups is 1. The van der Waals surface area contributed by atoms with Crippen molar-refractivity contribution in [1.29, 1.82) is 0 Å². The van der Waals surface area contributed by atoms with E-state index in [-0.39, 0.29) is 24.6 Å². The van der Waals surface area contributed by atoms with Gasteiger partial charge in [0.2, 0.25) is 5.91 Å². The van der Waals surface area contributed by atoms with Crippen LogP contribution in [0.1, 0.15) is 37.7 Å². The van der Waals surface area contributed by atoms with Crippen LogP contribution in [0.15, 0.2) is 66.7 Å². The van der Waals surface area contributed by atoms with E-state index in [0.717, 1.165) is 49.1 Å². The Kier molecular flexibility index (Phi) is 12.0. The molecule has 1 aliphatic rings. The number of para-hydroxylation sites is 3. The van der Waals surface area contributed by atoms with Gasteiger partial charge in [0, 0.05) is 19.3 Å². The quantitative estimate of drug-likeness (QED) is 0.255. The molecule has 4 amide bonds. The molecule has 3 aromatic rings. The molecule has 3 aromatic carbocycles. The lowest BCUT2D eigenvalue weighted by Crippen LogP contribution is -2.44. The number of carbonyl (C=O) groups excluding carboxylic acids is 4. The van der Waals surface area contributed by atoms with E-state index in [2.05, 4.69) is 10.6 Å². The van der Waals surface area contributed by atoms with Crippen LogP contribution in [0.4, 0.5) is 30.6 Å². The summed E-state index contributed by atoms with van der Waals surface area (Å²) >= 11 is 0. The maximum atomic E-state index is 14.3. The number of nitrogens with zero attached hydrogens (tertiary/aromatic N) is 2. The Morgan fingerprint density at radius 1 is 0.891 bits per heavy atom. The van der Waals surface area contributed by atoms with Crippen LogP contribution in [0, 0.1) is 17.6 Å². The highest BCUT2D eigenvalue weighted by atomic mass is 19.1. The smallest absolute Gasteiger partial charge is 0.319 e. The molecule has 12 heteroatoms. The molecule has 0 aromatic heterocycles. The van der Waals surface area contributed by atoms with E-state index in [0.29, 0.717) is 23.5 Å². The fraction of sp³-hybridized carbons (Fsp3) is 0.353. The molecule has 244 valence electrons. The van der Waals surface area contributed by atoms with E-state index < -0.39 is 47.7 Å². The fourth-order valence-electron chi connectivity index (χ4n) is 5.36. The van der Waals surface area contributed by atoms with Crippen LogP contribution in [0.5, 0.6) is 5.75 Å². The van der Waals surface area contributed by atoms with Gasteiger partial charge >= 0.3 is 12.0 Å². The minimum Gasteiger partial charge on any atom is -0.482 e. The van der Waals surface area contributed by atoms with Crippen molar-refractivity contribution in [1.82, 2.24) is 5.32 Å². The van der Waals surface area contributed by atoms with E-state index in [1.54, 1.807) is 53.4 Å². The summed E-state index contributed by atoms with van der Waals surface area (Å²) in [6.07, 6.45) is 5.17. The molecule has 10 nitrogen and oxygen atoms in total. The zero-order valence-electron chi connectivity index (χ0n) is 25.9. The largest absolute Gasteiger partial charge is 0.482 e. The summed E-state index contributed by atoms with van der Waals surface area (Å²) in [4.78, 5) is 53.3. The highest BCUT2D eigenvalue weighted by molar-refractivity contribution is 6.00. The highest BCUT2D eigenvalue weighted by Crippen LogP contribution is 2.32. The molecule has 2 N–H and O–H groups in total. The van der Waals surface area contributed by atoms with Crippen molar-refractivity contribution < 1.29 is 37.4 Å². The van der Waals surface area contributed by atoms with Crippen LogP contribution >= 0.6 is 0 Å². The second kappa shape index (κ2) is 16.4. The molecule has 0 radical (unpaired) electrons. The molecular formula is C34H38F2N4O6. The van der Waals surface area contributed by atoms with E-state index >= 15 is 0 Å². The first-order valence-corrected chi connectivity index (χ1v) is 15.1. The average molecular weight is 637 g/mol. The summed E-state index contributed by atoms with van der Waals surface area (Å²) in [5, 5.41) is 5.27. The number of nitrogens with one attached hydrogen (secondary N) is 2. The zero-order chi connectivity index (χ0) is 33.1. The van der Waals surface area contributed by atoms with Crippen LogP contribution in [0.2, 0.25) is 0 Å². The number of anilines is 3. The second-order valence-electron chi connectivity index (χ2n) is 11.0. The van der Waals surface area contributed by atoms with E-state index in [9.17, 15) is 28.0 Å². The zero-order valence-corrected chi connectivity index (χ0v) is 25.9. The van der Waals surface area contributed by atoms with Gasteiger partial charge in [0.1, 0.15) is 23.1 Å². The SMILES string of the molecule is COC(=O)Cc1cccc(NC(=O)NCC(=O)N(CC2CCCCC2)c2ccccc2OCC(=O)N(C)c2c(F)cccc2F)c1. The number of methoxy groups -OCH3 is 1. The van der Waals surface area contributed by atoms with Crippen molar-refractivity contribution in [2.45, 2.75) is 38.5 Å². The third-order valence-electron chi connectivity index (χ3n) is 7.78. The number of hydrogen-bond donors (Lipinski definition) is 2. The molecule has 0 atom stereocenters. The topological polar surface area (TPSA) is 117 Å². The number of ether oxygens (including phenoxy) is 2. The molecule has 0 unspecified atom stereocenters. The van der Waals surface area contributed by atoms with Gasteiger partial charge in [0.15, 0.2) is 6.61 Å². The van der Waals surface area contributed by atoms with Crippen molar-refractivity contribution >= 4 is 40.9 Å². The van der Waals surface area contributed by atoms with Gasteiger partial charge in [-0.05, 0) is 60.7 Å². The molecule has 4 rings (SSSR count). The molecule has 1 fully saturated rings. The van der Waals surface area contributed by atoms with E-state index in [1.165, 1.54) is 20.2 Å². The van der Waals surface area contributed by atoms with Crippen molar-refractivity contribution in [3.8, 4) is 5.75 Å². The Morgan fingerprint density at radius 3 is 2.30 bits per heavy atom. The molecule has 0 heterocycles. The molecule has 1 saturated carbocycles. The maximum Gasteiger partial charge on any atom is 0.319 e. The Morgan fingerprint density at radius 2 is 1.59 bits per heavy atom. The van der Waals surface area contributed by atoms with Crippen LogP contribution in [0.25, 0.3) is 0 Å². The first kappa shape index (κ1) is 33.9. The molecule has 0 aliphatic heterocycles. The number of amides is 4. The average Bonchev–Trinajstić information content (AvgIpc) is 3.05. The van der Waals surface area contributed by atoms with Crippen molar-refractivity contribution in [2.24, 2.45) is 5.92 Å². The summed E-state index contributed by atoms with van der Waals surface area (Å²) in [7, 11) is 2.55. The summed E-state index contributed by atoms with van der Waals surface area (Å²) < 4.78 is 39.0. The van der Waals surface area contributed by atoms with Gasteiger partial charge in [0.25, 0.3) is 5.91 Å². The van der Waals surface area contributed by atoms with E-state index in [1.807, 2.05) is 0 Å². The predicted octanol–water partition coefficient (Wildman–Crippen LogP) is 5.46. The second-order valence-corrected chi connectivity index (χ2v) is 11.0. The first-order chi connectivity index (χ1) is 22.2. The van der Waals surface area contributed by atoms with Crippen LogP contribution in [0.3, 0.4) is 0 Å². The van der Waals surface area contributed by atoms with Crippen molar-refractivity contribution in [3.05, 3.63) is 83.9 Å². The van der Waals surface area contributed by atoms with E-state index in [4.69, 9.17) is 9.47 Å². The summed E-state index contributed by atoms with van der Waals surface area (Å²) in [5.74, 6) is -2.81. The first-order valence-electron chi connectivity index (χ1n) is 15.1. The van der Waals surface area contributed by atoms with Gasteiger partial charge in [-0.3, -0.25) is 14.4 Å².